The Kier molecular flexibility index (Phi) is 9.44. The van der Waals surface area contributed by atoms with E-state index in [0.29, 0.717) is 0 Å². The number of alkyl halides is 6. The maximum Gasteiger partial charge on any atom is 0.480 e. The lowest BCUT2D eigenvalue weighted by Crippen LogP contribution is -2.56. The molecule has 1 rings (SSSR count). The number of quaternary nitrogens is 1. The van der Waals surface area contributed by atoms with E-state index in [1.807, 2.05) is 0 Å². The number of rotatable bonds is 6. The van der Waals surface area contributed by atoms with Gasteiger partial charge in [-0.25, -0.2) is 16.8 Å². The van der Waals surface area contributed by atoms with Crippen LogP contribution in [0, 0.1) is 0 Å². The van der Waals surface area contributed by atoms with Crippen LogP contribution in [0.1, 0.15) is 6.42 Å². The number of ether oxygens (including phenoxy) is 1. The highest BCUT2D eigenvalue weighted by molar-refractivity contribution is 8.13. The van der Waals surface area contributed by atoms with Gasteiger partial charge in [0.25, 0.3) is 0 Å². The first kappa shape index (κ1) is 26.3. The summed E-state index contributed by atoms with van der Waals surface area (Å²) in [4.78, 5) is 0. The number of halogens is 6. The van der Waals surface area contributed by atoms with E-state index < -0.39 is 31.1 Å². The molecule has 0 aliphatic carbocycles. The van der Waals surface area contributed by atoms with E-state index in [1.165, 1.54) is 43.6 Å². The van der Waals surface area contributed by atoms with Crippen molar-refractivity contribution in [2.24, 2.45) is 0 Å². The second-order valence-corrected chi connectivity index (χ2v) is 9.23. The predicted octanol–water partition coefficient (Wildman–Crippen LogP) is 1.13. The summed E-state index contributed by atoms with van der Waals surface area (Å²) >= 11 is 0. The summed E-state index contributed by atoms with van der Waals surface area (Å²) in [5.74, 6) is 0. The van der Waals surface area contributed by atoms with Crippen LogP contribution in [0.25, 0.3) is 4.13 Å². The van der Waals surface area contributed by atoms with E-state index in [4.69, 9.17) is 4.74 Å². The monoisotopic (exact) mass is 453 g/mol. The SMILES string of the molecule is COCCC[N+]1(C)CCNCC1.O=S(=O)([N-]S(=O)(=O)C(F)(F)F)C(F)(F)F. The lowest BCUT2D eigenvalue weighted by atomic mass is 10.2. The Bertz CT molecular complexity index is 615. The molecule has 164 valence electrons. The molecule has 0 radical (unpaired) electrons. The lowest BCUT2D eigenvalue weighted by molar-refractivity contribution is -0.911. The van der Waals surface area contributed by atoms with Gasteiger partial charge in [0.15, 0.2) is 20.0 Å². The number of hydrogen-bond acceptors (Lipinski definition) is 6. The van der Waals surface area contributed by atoms with Gasteiger partial charge in [-0.15, -0.1) is 0 Å². The Morgan fingerprint density at radius 3 is 1.70 bits per heavy atom. The highest BCUT2D eigenvalue weighted by Crippen LogP contribution is 2.36. The molecule has 1 aliphatic heterocycles. The minimum absolute atomic E-state index is 0.778. The van der Waals surface area contributed by atoms with Crippen molar-refractivity contribution in [3.05, 3.63) is 4.13 Å². The van der Waals surface area contributed by atoms with Crippen LogP contribution in [0.5, 0.6) is 0 Å². The third-order valence-electron chi connectivity index (χ3n) is 3.48. The third-order valence-corrected chi connectivity index (χ3v) is 6.22. The van der Waals surface area contributed by atoms with Gasteiger partial charge in [-0.3, -0.25) is 0 Å². The number of hydrogen-bond donors (Lipinski definition) is 1. The number of likely N-dealkylation sites (N-methyl/N-ethyl adjacent to an activating group) is 1. The molecule has 0 aromatic carbocycles. The molecule has 1 saturated heterocycles. The molecular weight excluding hydrogens is 432 g/mol. The number of methoxy groups -OCH3 is 1. The van der Waals surface area contributed by atoms with Crippen molar-refractivity contribution < 1.29 is 52.4 Å². The summed E-state index contributed by atoms with van der Waals surface area (Å²) in [5, 5.41) is 3.38. The van der Waals surface area contributed by atoms with Gasteiger partial charge >= 0.3 is 11.0 Å². The summed E-state index contributed by atoms with van der Waals surface area (Å²) in [5.41, 5.74) is -12.4. The van der Waals surface area contributed by atoms with Crippen LogP contribution < -0.4 is 5.32 Å². The normalized spacial score (nSPS) is 18.5. The molecule has 27 heavy (non-hydrogen) atoms. The molecule has 16 heteroatoms. The smallest absolute Gasteiger partial charge is 0.421 e. The van der Waals surface area contributed by atoms with Crippen LogP contribution >= 0.6 is 0 Å². The van der Waals surface area contributed by atoms with E-state index in [0.717, 1.165) is 10.7 Å². The number of piperazine rings is 1. The summed E-state index contributed by atoms with van der Waals surface area (Å²) in [6.07, 6.45) is 1.19. The first-order chi connectivity index (χ1) is 12.0. The molecule has 0 bridgehead atoms. The Balaban J connectivity index is 0.000000511. The first-order valence-corrected chi connectivity index (χ1v) is 10.3. The summed E-state index contributed by atoms with van der Waals surface area (Å²) in [6.45, 7) is 7.04. The third kappa shape index (κ3) is 8.91. The van der Waals surface area contributed by atoms with Crippen molar-refractivity contribution in [1.82, 2.24) is 5.32 Å². The Labute approximate surface area is 153 Å². The Morgan fingerprint density at radius 1 is 0.963 bits per heavy atom. The highest BCUT2D eigenvalue weighted by Gasteiger charge is 2.46. The zero-order valence-electron chi connectivity index (χ0n) is 14.5. The summed E-state index contributed by atoms with van der Waals surface area (Å²) in [7, 11) is -9.32. The molecule has 0 saturated carbocycles. The maximum absolute atomic E-state index is 11.4. The molecule has 0 aromatic rings. The second kappa shape index (κ2) is 9.69. The fourth-order valence-corrected chi connectivity index (χ4v) is 3.67. The van der Waals surface area contributed by atoms with Crippen molar-refractivity contribution in [1.29, 1.82) is 0 Å². The number of sulfonamides is 2. The van der Waals surface area contributed by atoms with Crippen molar-refractivity contribution in [3.63, 3.8) is 0 Å². The van der Waals surface area contributed by atoms with Gasteiger partial charge in [0.1, 0.15) is 0 Å². The molecule has 1 aliphatic rings. The molecular formula is C11H21F6N3O5S2. The molecule has 0 unspecified atom stereocenters. The van der Waals surface area contributed by atoms with Crippen molar-refractivity contribution in [2.45, 2.75) is 17.4 Å². The molecule has 0 spiro atoms. The van der Waals surface area contributed by atoms with Crippen LogP contribution in [0.4, 0.5) is 26.3 Å². The predicted molar refractivity (Wildman–Crippen MR) is 83.5 cm³/mol. The fourth-order valence-electron chi connectivity index (χ4n) is 1.96. The molecule has 8 nitrogen and oxygen atoms in total. The van der Waals surface area contributed by atoms with Crippen LogP contribution in [-0.4, -0.2) is 85.8 Å². The summed E-state index contributed by atoms with van der Waals surface area (Å²) in [6, 6.07) is 0. The highest BCUT2D eigenvalue weighted by atomic mass is 32.3. The van der Waals surface area contributed by atoms with Crippen LogP contribution in [0.3, 0.4) is 0 Å². The summed E-state index contributed by atoms with van der Waals surface area (Å²) < 4.78 is 115. The van der Waals surface area contributed by atoms with Gasteiger partial charge in [-0.1, -0.05) is 0 Å². The zero-order chi connectivity index (χ0) is 21.6. The molecule has 1 heterocycles. The van der Waals surface area contributed by atoms with E-state index in [-0.39, 0.29) is 0 Å². The van der Waals surface area contributed by atoms with E-state index in [9.17, 15) is 43.2 Å². The zero-order valence-corrected chi connectivity index (χ0v) is 16.1. The van der Waals surface area contributed by atoms with Gasteiger partial charge in [0.05, 0.1) is 33.3 Å². The van der Waals surface area contributed by atoms with E-state index >= 15 is 0 Å². The van der Waals surface area contributed by atoms with Gasteiger partial charge in [0.2, 0.25) is 0 Å². The molecule has 0 aromatic heterocycles. The van der Waals surface area contributed by atoms with E-state index in [1.54, 1.807) is 7.11 Å². The number of nitrogens with zero attached hydrogens (tertiary/aromatic N) is 2. The van der Waals surface area contributed by atoms with Crippen LogP contribution in [-0.2, 0) is 24.8 Å². The molecule has 0 amide bonds. The van der Waals surface area contributed by atoms with Crippen molar-refractivity contribution in [2.75, 3.05) is 53.5 Å². The average molecular weight is 453 g/mol. The molecule has 1 fully saturated rings. The van der Waals surface area contributed by atoms with Gasteiger partial charge < -0.3 is 18.7 Å². The topological polar surface area (TPSA) is 104 Å². The lowest BCUT2D eigenvalue weighted by Gasteiger charge is -2.38. The van der Waals surface area contributed by atoms with Crippen molar-refractivity contribution in [3.8, 4) is 0 Å². The van der Waals surface area contributed by atoms with Gasteiger partial charge in [-0.2, -0.15) is 26.3 Å². The fraction of sp³-hybridized carbons (Fsp3) is 1.00. The Hall–Kier alpha value is -0.680. The van der Waals surface area contributed by atoms with Crippen molar-refractivity contribution >= 4 is 20.0 Å². The second-order valence-electron chi connectivity index (χ2n) is 5.80. The first-order valence-electron chi connectivity index (χ1n) is 7.37. The quantitative estimate of drug-likeness (QED) is 0.368. The average Bonchev–Trinajstić information content (AvgIpc) is 2.45. The van der Waals surface area contributed by atoms with Crippen LogP contribution in [0.2, 0.25) is 0 Å². The van der Waals surface area contributed by atoms with Crippen LogP contribution in [0.15, 0.2) is 0 Å². The minimum atomic E-state index is -6.72. The standard InChI is InChI=1S/C9H21N2O.C2F6NO4S2/c1-11(6-3-9-12-2)7-4-10-5-8-11;3-1(4,5)14(10,11)9-15(12,13)2(6,7)8/h10H,3-9H2,1-2H3;/q+1;-1. The maximum atomic E-state index is 11.4. The number of nitrogens with one attached hydrogen (secondary N) is 1. The minimum Gasteiger partial charge on any atom is -0.421 e. The Morgan fingerprint density at radius 2 is 1.37 bits per heavy atom. The van der Waals surface area contributed by atoms with Gasteiger partial charge in [-0.05, 0) is 0 Å². The van der Waals surface area contributed by atoms with Gasteiger partial charge in [0, 0.05) is 26.6 Å². The molecule has 1 N–H and O–H groups in total. The largest absolute Gasteiger partial charge is 0.480 e. The molecule has 0 atom stereocenters. The van der Waals surface area contributed by atoms with E-state index in [2.05, 4.69) is 12.4 Å².